The van der Waals surface area contributed by atoms with Crippen molar-refractivity contribution in [2.45, 2.75) is 45.3 Å². The average Bonchev–Trinajstić information content (AvgIpc) is 2.45. The highest BCUT2D eigenvalue weighted by Gasteiger charge is 2.39. The zero-order chi connectivity index (χ0) is 12.6. The number of nitrogens with zero attached hydrogens (tertiary/aromatic N) is 1. The van der Waals surface area contributed by atoms with Gasteiger partial charge in [-0.05, 0) is 33.6 Å². The first-order valence-electron chi connectivity index (χ1n) is 5.14. The topological polar surface area (TPSA) is 89.7 Å². The lowest BCUT2D eigenvalue weighted by Gasteiger charge is -2.25. The lowest BCUT2D eigenvalue weighted by atomic mass is 10.2. The molecule has 1 saturated heterocycles. The van der Waals surface area contributed by atoms with Crippen molar-refractivity contribution >= 4 is 16.2 Å². The van der Waals surface area contributed by atoms with Crippen molar-refractivity contribution in [2.75, 3.05) is 6.54 Å². The summed E-state index contributed by atoms with van der Waals surface area (Å²) in [6.07, 6.45) is 1.09. The van der Waals surface area contributed by atoms with Crippen LogP contribution in [0.25, 0.3) is 0 Å². The summed E-state index contributed by atoms with van der Waals surface area (Å²) in [5.41, 5.74) is -0.621. The Balaban J connectivity index is 2.77. The SMILES string of the molecule is CC(C)(C)OC(=O)C1CCCN1S(N)(=O)=O. The minimum Gasteiger partial charge on any atom is -0.459 e. The van der Waals surface area contributed by atoms with Crippen LogP contribution in [0.5, 0.6) is 0 Å². The molecule has 1 atom stereocenters. The van der Waals surface area contributed by atoms with Gasteiger partial charge < -0.3 is 4.74 Å². The minimum absolute atomic E-state index is 0.280. The Morgan fingerprint density at radius 1 is 1.44 bits per heavy atom. The summed E-state index contributed by atoms with van der Waals surface area (Å²) >= 11 is 0. The molecular formula is C9H18N2O4S. The molecule has 2 N–H and O–H groups in total. The molecule has 0 spiro atoms. The van der Waals surface area contributed by atoms with Gasteiger partial charge in [-0.15, -0.1) is 0 Å². The van der Waals surface area contributed by atoms with Crippen molar-refractivity contribution in [2.24, 2.45) is 5.14 Å². The Hall–Kier alpha value is -0.660. The number of esters is 1. The van der Waals surface area contributed by atoms with Gasteiger partial charge in [-0.1, -0.05) is 0 Å². The van der Waals surface area contributed by atoms with Crippen LogP contribution in [0.15, 0.2) is 0 Å². The van der Waals surface area contributed by atoms with Gasteiger partial charge in [0.05, 0.1) is 0 Å². The van der Waals surface area contributed by atoms with Crippen molar-refractivity contribution in [3.05, 3.63) is 0 Å². The molecule has 1 unspecified atom stereocenters. The zero-order valence-electron chi connectivity index (χ0n) is 9.76. The minimum atomic E-state index is -3.82. The van der Waals surface area contributed by atoms with E-state index in [1.165, 1.54) is 0 Å². The van der Waals surface area contributed by atoms with Gasteiger partial charge in [0.2, 0.25) is 0 Å². The van der Waals surface area contributed by atoms with E-state index in [-0.39, 0.29) is 6.54 Å². The summed E-state index contributed by atoms with van der Waals surface area (Å²) < 4.78 is 28.6. The van der Waals surface area contributed by atoms with Gasteiger partial charge in [-0.25, -0.2) is 5.14 Å². The van der Waals surface area contributed by atoms with Crippen molar-refractivity contribution < 1.29 is 17.9 Å². The maximum Gasteiger partial charge on any atom is 0.325 e. The van der Waals surface area contributed by atoms with Crippen LogP contribution in [0.1, 0.15) is 33.6 Å². The second kappa shape index (κ2) is 4.31. The van der Waals surface area contributed by atoms with E-state index < -0.39 is 27.8 Å². The molecule has 0 aromatic heterocycles. The van der Waals surface area contributed by atoms with Crippen LogP contribution in [-0.2, 0) is 19.7 Å². The normalized spacial score (nSPS) is 23.4. The summed E-state index contributed by atoms with van der Waals surface area (Å²) in [4.78, 5) is 11.7. The van der Waals surface area contributed by atoms with Gasteiger partial charge >= 0.3 is 5.97 Å². The first-order chi connectivity index (χ1) is 7.11. The van der Waals surface area contributed by atoms with E-state index in [1.54, 1.807) is 20.8 Å². The molecule has 0 amide bonds. The molecule has 0 aromatic carbocycles. The van der Waals surface area contributed by atoms with Crippen LogP contribution in [0.2, 0.25) is 0 Å². The summed E-state index contributed by atoms with van der Waals surface area (Å²) in [7, 11) is -3.82. The molecule has 94 valence electrons. The molecule has 0 aliphatic carbocycles. The molecule has 0 aromatic rings. The first kappa shape index (κ1) is 13.4. The third-order valence-corrected chi connectivity index (χ3v) is 3.30. The molecule has 16 heavy (non-hydrogen) atoms. The van der Waals surface area contributed by atoms with E-state index in [4.69, 9.17) is 9.88 Å². The molecule has 1 rings (SSSR count). The van der Waals surface area contributed by atoms with Crippen LogP contribution in [0.3, 0.4) is 0 Å². The fraction of sp³-hybridized carbons (Fsp3) is 0.889. The molecule has 0 bridgehead atoms. The van der Waals surface area contributed by atoms with Crippen molar-refractivity contribution in [1.82, 2.24) is 4.31 Å². The number of rotatable bonds is 2. The molecule has 0 radical (unpaired) electrons. The Kier molecular flexibility index (Phi) is 3.61. The first-order valence-corrected chi connectivity index (χ1v) is 6.64. The lowest BCUT2D eigenvalue weighted by molar-refractivity contribution is -0.158. The Labute approximate surface area is 95.9 Å². The van der Waals surface area contributed by atoms with E-state index in [2.05, 4.69) is 0 Å². The van der Waals surface area contributed by atoms with Crippen LogP contribution in [0.4, 0.5) is 0 Å². The molecular weight excluding hydrogens is 232 g/mol. The largest absolute Gasteiger partial charge is 0.459 e. The standard InChI is InChI=1S/C9H18N2O4S/c1-9(2,3)15-8(12)7-5-4-6-11(7)16(10,13)14/h7H,4-6H2,1-3H3,(H2,10,13,14). The molecule has 1 aliphatic heterocycles. The van der Waals surface area contributed by atoms with Crippen LogP contribution < -0.4 is 5.14 Å². The summed E-state index contributed by atoms with van der Waals surface area (Å²) in [5.74, 6) is -0.529. The highest BCUT2D eigenvalue weighted by molar-refractivity contribution is 7.86. The molecule has 6 nitrogen and oxygen atoms in total. The predicted molar refractivity (Wildman–Crippen MR) is 58.7 cm³/mol. The molecule has 7 heteroatoms. The molecule has 0 saturated carbocycles. The average molecular weight is 250 g/mol. The highest BCUT2D eigenvalue weighted by Crippen LogP contribution is 2.22. The van der Waals surface area contributed by atoms with Crippen molar-refractivity contribution in [1.29, 1.82) is 0 Å². The number of hydrogen-bond donors (Lipinski definition) is 1. The smallest absolute Gasteiger partial charge is 0.325 e. The van der Waals surface area contributed by atoms with Gasteiger partial charge in [0.25, 0.3) is 10.2 Å². The number of ether oxygens (including phenoxy) is 1. The van der Waals surface area contributed by atoms with E-state index >= 15 is 0 Å². The van der Waals surface area contributed by atoms with Crippen LogP contribution in [-0.4, -0.2) is 36.9 Å². The van der Waals surface area contributed by atoms with Crippen molar-refractivity contribution in [3.8, 4) is 0 Å². The number of carbonyl (C=O) groups is 1. The quantitative estimate of drug-likeness (QED) is 0.698. The number of carbonyl (C=O) groups excluding carboxylic acids is 1. The van der Waals surface area contributed by atoms with E-state index in [0.717, 1.165) is 4.31 Å². The fourth-order valence-corrected chi connectivity index (χ4v) is 2.58. The van der Waals surface area contributed by atoms with E-state index in [0.29, 0.717) is 12.8 Å². The second-order valence-electron chi connectivity index (χ2n) is 4.85. The van der Waals surface area contributed by atoms with Gasteiger partial charge in [-0.2, -0.15) is 12.7 Å². The summed E-state index contributed by atoms with van der Waals surface area (Å²) in [6.45, 7) is 5.49. The lowest BCUT2D eigenvalue weighted by Crippen LogP contribution is -2.46. The van der Waals surface area contributed by atoms with Crippen LogP contribution >= 0.6 is 0 Å². The van der Waals surface area contributed by atoms with Gasteiger partial charge in [0, 0.05) is 6.54 Å². The molecule has 1 fully saturated rings. The number of nitrogens with two attached hydrogens (primary N) is 1. The summed E-state index contributed by atoms with van der Waals surface area (Å²) in [5, 5.41) is 5.02. The van der Waals surface area contributed by atoms with E-state index in [1.807, 2.05) is 0 Å². The molecule has 1 heterocycles. The number of hydrogen-bond acceptors (Lipinski definition) is 4. The maximum absolute atomic E-state index is 11.7. The highest BCUT2D eigenvalue weighted by atomic mass is 32.2. The molecule has 1 aliphatic rings. The predicted octanol–water partition coefficient (Wildman–Crippen LogP) is -0.00400. The van der Waals surface area contributed by atoms with Crippen molar-refractivity contribution in [3.63, 3.8) is 0 Å². The Morgan fingerprint density at radius 2 is 2.00 bits per heavy atom. The van der Waals surface area contributed by atoms with E-state index in [9.17, 15) is 13.2 Å². The third-order valence-electron chi connectivity index (χ3n) is 2.21. The Bertz CT molecular complexity index is 371. The zero-order valence-corrected chi connectivity index (χ0v) is 10.6. The second-order valence-corrected chi connectivity index (χ2v) is 6.35. The van der Waals surface area contributed by atoms with Crippen LogP contribution in [0, 0.1) is 0 Å². The third kappa shape index (κ3) is 3.43. The Morgan fingerprint density at radius 3 is 2.44 bits per heavy atom. The monoisotopic (exact) mass is 250 g/mol. The maximum atomic E-state index is 11.7. The van der Waals surface area contributed by atoms with Gasteiger partial charge in [0.1, 0.15) is 11.6 Å². The van der Waals surface area contributed by atoms with Gasteiger partial charge in [-0.3, -0.25) is 4.79 Å². The summed E-state index contributed by atoms with van der Waals surface area (Å²) in [6, 6.07) is -0.769. The van der Waals surface area contributed by atoms with Gasteiger partial charge in [0.15, 0.2) is 0 Å². The fourth-order valence-electron chi connectivity index (χ4n) is 1.65.